The summed E-state index contributed by atoms with van der Waals surface area (Å²) in [7, 11) is 1.99. The van der Waals surface area contributed by atoms with Crippen molar-refractivity contribution in [3.05, 3.63) is 34.1 Å². The average molecular weight is 346 g/mol. The summed E-state index contributed by atoms with van der Waals surface area (Å²) in [6.07, 6.45) is 4.56. The van der Waals surface area contributed by atoms with Crippen LogP contribution >= 0.6 is 27.7 Å². The van der Waals surface area contributed by atoms with Crippen LogP contribution in [-0.2, 0) is 6.42 Å². The van der Waals surface area contributed by atoms with E-state index in [1.54, 1.807) is 6.07 Å². The quantitative estimate of drug-likeness (QED) is 0.855. The molecule has 4 heteroatoms. The first-order chi connectivity index (χ1) is 9.19. The predicted octanol–water partition coefficient (Wildman–Crippen LogP) is 4.25. The molecule has 0 spiro atoms. The van der Waals surface area contributed by atoms with E-state index in [9.17, 15) is 4.39 Å². The fraction of sp³-hybridized carbons (Fsp3) is 0.600. The number of halogens is 2. The van der Waals surface area contributed by atoms with Crippen molar-refractivity contribution < 1.29 is 4.39 Å². The maximum absolute atomic E-state index is 13.9. The van der Waals surface area contributed by atoms with Crippen LogP contribution in [0.3, 0.4) is 0 Å². The van der Waals surface area contributed by atoms with E-state index in [2.05, 4.69) is 33.0 Å². The fourth-order valence-electron chi connectivity index (χ4n) is 2.64. The Morgan fingerprint density at radius 1 is 1.42 bits per heavy atom. The summed E-state index contributed by atoms with van der Waals surface area (Å²) < 4.78 is 14.7. The molecule has 0 bridgehead atoms. The minimum absolute atomic E-state index is 0.103. The Bertz CT molecular complexity index is 407. The Kier molecular flexibility index (Phi) is 6.17. The van der Waals surface area contributed by atoms with Gasteiger partial charge in [-0.2, -0.15) is 11.8 Å². The summed E-state index contributed by atoms with van der Waals surface area (Å²) in [5.41, 5.74) is 0.813. The molecule has 1 saturated heterocycles. The summed E-state index contributed by atoms with van der Waals surface area (Å²) in [5.74, 6) is 3.27. The zero-order chi connectivity index (χ0) is 13.7. The first kappa shape index (κ1) is 15.3. The maximum atomic E-state index is 13.9. The van der Waals surface area contributed by atoms with Crippen LogP contribution in [0.15, 0.2) is 22.7 Å². The van der Waals surface area contributed by atoms with Gasteiger partial charge < -0.3 is 5.32 Å². The number of hydrogen-bond acceptors (Lipinski definition) is 2. The third-order valence-electron chi connectivity index (χ3n) is 3.85. The minimum Gasteiger partial charge on any atom is -0.317 e. The van der Waals surface area contributed by atoms with Gasteiger partial charge in [-0.1, -0.05) is 22.0 Å². The van der Waals surface area contributed by atoms with Gasteiger partial charge in [-0.05, 0) is 67.9 Å². The second kappa shape index (κ2) is 7.65. The normalized spacial score (nSPS) is 18.5. The van der Waals surface area contributed by atoms with Crippen molar-refractivity contribution in [1.82, 2.24) is 5.32 Å². The van der Waals surface area contributed by atoms with Gasteiger partial charge in [0.2, 0.25) is 0 Å². The molecule has 0 saturated carbocycles. The van der Waals surface area contributed by atoms with Crippen LogP contribution in [0.4, 0.5) is 4.39 Å². The number of likely N-dealkylation sites (N-methyl/N-ethyl adjacent to an activating group) is 1. The zero-order valence-corrected chi connectivity index (χ0v) is 13.7. The molecule has 1 nitrogen and oxygen atoms in total. The average Bonchev–Trinajstić information content (AvgIpc) is 2.42. The number of benzene rings is 1. The van der Waals surface area contributed by atoms with Crippen molar-refractivity contribution >= 4 is 27.7 Å². The molecule has 1 aromatic carbocycles. The first-order valence-electron chi connectivity index (χ1n) is 6.88. The molecule has 1 fully saturated rings. The van der Waals surface area contributed by atoms with Crippen molar-refractivity contribution in [1.29, 1.82) is 0 Å². The SMILES string of the molecule is CNC(Cc1ccc(Br)cc1F)CC1CCSCC1. The standard InChI is InChI=1S/C15H21BrFNS/c1-18-14(8-11-4-6-19-7-5-11)9-12-2-3-13(16)10-15(12)17/h2-3,10-11,14,18H,4-9H2,1H3. The van der Waals surface area contributed by atoms with Crippen LogP contribution in [0, 0.1) is 11.7 Å². The molecule has 0 radical (unpaired) electrons. The maximum Gasteiger partial charge on any atom is 0.127 e. The number of thioether (sulfide) groups is 1. The van der Waals surface area contributed by atoms with E-state index in [4.69, 9.17) is 0 Å². The van der Waals surface area contributed by atoms with E-state index >= 15 is 0 Å². The number of rotatable bonds is 5. The molecular weight excluding hydrogens is 325 g/mol. The Balaban J connectivity index is 1.94. The number of nitrogens with one attached hydrogen (secondary N) is 1. The number of hydrogen-bond donors (Lipinski definition) is 1. The zero-order valence-electron chi connectivity index (χ0n) is 11.3. The summed E-state index contributed by atoms with van der Waals surface area (Å²) in [6, 6.07) is 5.74. The summed E-state index contributed by atoms with van der Waals surface area (Å²) >= 11 is 5.36. The summed E-state index contributed by atoms with van der Waals surface area (Å²) in [4.78, 5) is 0. The van der Waals surface area contributed by atoms with Crippen molar-refractivity contribution in [3.8, 4) is 0 Å². The van der Waals surface area contributed by atoms with Gasteiger partial charge in [0.25, 0.3) is 0 Å². The second-order valence-electron chi connectivity index (χ2n) is 5.22. The third-order valence-corrected chi connectivity index (χ3v) is 5.39. The second-order valence-corrected chi connectivity index (χ2v) is 7.36. The van der Waals surface area contributed by atoms with Crippen LogP contribution in [0.2, 0.25) is 0 Å². The van der Waals surface area contributed by atoms with Gasteiger partial charge in [0.1, 0.15) is 5.82 Å². The molecule has 0 aliphatic carbocycles. The molecule has 19 heavy (non-hydrogen) atoms. The molecule has 1 N–H and O–H groups in total. The van der Waals surface area contributed by atoms with Gasteiger partial charge in [-0.25, -0.2) is 4.39 Å². The highest BCUT2D eigenvalue weighted by molar-refractivity contribution is 9.10. The van der Waals surface area contributed by atoms with Crippen molar-refractivity contribution in [3.63, 3.8) is 0 Å². The molecular formula is C15H21BrFNS. The van der Waals surface area contributed by atoms with Gasteiger partial charge in [-0.3, -0.25) is 0 Å². The van der Waals surface area contributed by atoms with E-state index in [0.717, 1.165) is 28.8 Å². The summed E-state index contributed by atoms with van der Waals surface area (Å²) in [5, 5.41) is 3.35. The molecule has 2 rings (SSSR count). The molecule has 1 atom stereocenters. The van der Waals surface area contributed by atoms with E-state index in [1.165, 1.54) is 24.3 Å². The molecule has 0 aromatic heterocycles. The van der Waals surface area contributed by atoms with Gasteiger partial charge in [0.05, 0.1) is 0 Å². The van der Waals surface area contributed by atoms with E-state index in [0.29, 0.717) is 6.04 Å². The molecule has 1 heterocycles. The monoisotopic (exact) mass is 345 g/mol. The lowest BCUT2D eigenvalue weighted by Gasteiger charge is -2.26. The molecule has 1 aliphatic heterocycles. The van der Waals surface area contributed by atoms with Crippen LogP contribution in [-0.4, -0.2) is 24.6 Å². The highest BCUT2D eigenvalue weighted by Crippen LogP contribution is 2.27. The molecule has 1 aliphatic rings. The van der Waals surface area contributed by atoms with E-state index < -0.39 is 0 Å². The Hall–Kier alpha value is -0.0600. The van der Waals surface area contributed by atoms with E-state index in [1.807, 2.05) is 19.2 Å². The smallest absolute Gasteiger partial charge is 0.127 e. The fourth-order valence-corrected chi connectivity index (χ4v) is 4.18. The van der Waals surface area contributed by atoms with Crippen molar-refractivity contribution in [2.45, 2.75) is 31.7 Å². The lowest BCUT2D eigenvalue weighted by Crippen LogP contribution is -2.31. The van der Waals surface area contributed by atoms with Crippen LogP contribution in [0.5, 0.6) is 0 Å². The van der Waals surface area contributed by atoms with Gasteiger partial charge in [0.15, 0.2) is 0 Å². The topological polar surface area (TPSA) is 12.0 Å². The highest BCUT2D eigenvalue weighted by Gasteiger charge is 2.19. The Labute approximate surface area is 127 Å². The van der Waals surface area contributed by atoms with Gasteiger partial charge in [0, 0.05) is 10.5 Å². The Morgan fingerprint density at radius 2 is 2.16 bits per heavy atom. The molecule has 0 amide bonds. The molecule has 1 unspecified atom stereocenters. The van der Waals surface area contributed by atoms with Crippen LogP contribution < -0.4 is 5.32 Å². The van der Waals surface area contributed by atoms with Crippen LogP contribution in [0.1, 0.15) is 24.8 Å². The van der Waals surface area contributed by atoms with E-state index in [-0.39, 0.29) is 5.82 Å². The minimum atomic E-state index is -0.103. The van der Waals surface area contributed by atoms with Crippen molar-refractivity contribution in [2.24, 2.45) is 5.92 Å². The lowest BCUT2D eigenvalue weighted by molar-refractivity contribution is 0.373. The Morgan fingerprint density at radius 3 is 2.79 bits per heavy atom. The van der Waals surface area contributed by atoms with Crippen LogP contribution in [0.25, 0.3) is 0 Å². The van der Waals surface area contributed by atoms with Gasteiger partial charge >= 0.3 is 0 Å². The molecule has 1 aromatic rings. The lowest BCUT2D eigenvalue weighted by atomic mass is 9.91. The third kappa shape index (κ3) is 4.76. The van der Waals surface area contributed by atoms with Gasteiger partial charge in [-0.15, -0.1) is 0 Å². The molecule has 106 valence electrons. The first-order valence-corrected chi connectivity index (χ1v) is 8.82. The largest absolute Gasteiger partial charge is 0.317 e. The van der Waals surface area contributed by atoms with Crippen molar-refractivity contribution in [2.75, 3.05) is 18.6 Å². The highest BCUT2D eigenvalue weighted by atomic mass is 79.9. The predicted molar refractivity (Wildman–Crippen MR) is 85.3 cm³/mol. The summed E-state index contributed by atoms with van der Waals surface area (Å²) in [6.45, 7) is 0.